The number of hydrogen-bond acceptors (Lipinski definition) is 3. The van der Waals surface area contributed by atoms with Crippen LogP contribution in [0.2, 0.25) is 0 Å². The molecule has 0 aliphatic carbocycles. The van der Waals surface area contributed by atoms with Crippen LogP contribution in [0, 0.1) is 5.92 Å². The number of benzene rings is 1. The van der Waals surface area contributed by atoms with E-state index in [4.69, 9.17) is 5.73 Å². The summed E-state index contributed by atoms with van der Waals surface area (Å²) in [5.41, 5.74) is 7.05. The molecule has 0 bridgehead atoms. The highest BCUT2D eigenvalue weighted by atomic mass is 16.1. The molecule has 4 nitrogen and oxygen atoms in total. The van der Waals surface area contributed by atoms with Gasteiger partial charge in [0.2, 0.25) is 5.91 Å². The maximum Gasteiger partial charge on any atom is 0.220 e. The van der Waals surface area contributed by atoms with Gasteiger partial charge in [-0.1, -0.05) is 30.3 Å². The first-order valence-electron chi connectivity index (χ1n) is 8.42. The average Bonchev–Trinajstić information content (AvgIpc) is 2.53. The zero-order chi connectivity index (χ0) is 15.8. The molecule has 1 heterocycles. The molecule has 0 radical (unpaired) electrons. The highest BCUT2D eigenvalue weighted by Gasteiger charge is 2.19. The second kappa shape index (κ2) is 8.91. The number of nitrogens with two attached hydrogens (primary N) is 1. The molecular weight excluding hydrogens is 274 g/mol. The number of piperidine rings is 1. The second-order valence-corrected chi connectivity index (χ2v) is 6.53. The van der Waals surface area contributed by atoms with Crippen molar-refractivity contribution in [3.05, 3.63) is 35.9 Å². The van der Waals surface area contributed by atoms with Gasteiger partial charge in [0.1, 0.15) is 0 Å². The Morgan fingerprint density at radius 1 is 1.32 bits per heavy atom. The Bertz CT molecular complexity index is 439. The third-order valence-electron chi connectivity index (χ3n) is 4.37. The van der Waals surface area contributed by atoms with Crippen LogP contribution in [0.5, 0.6) is 0 Å². The third kappa shape index (κ3) is 6.16. The zero-order valence-corrected chi connectivity index (χ0v) is 13.6. The van der Waals surface area contributed by atoms with Gasteiger partial charge in [-0.05, 0) is 50.8 Å². The minimum atomic E-state index is 0.104. The van der Waals surface area contributed by atoms with Crippen molar-refractivity contribution >= 4 is 5.91 Å². The van der Waals surface area contributed by atoms with E-state index in [0.29, 0.717) is 12.3 Å². The number of hydrogen-bond donors (Lipinski definition) is 2. The van der Waals surface area contributed by atoms with E-state index >= 15 is 0 Å². The van der Waals surface area contributed by atoms with Crippen LogP contribution in [0.3, 0.4) is 0 Å². The molecule has 1 aromatic carbocycles. The van der Waals surface area contributed by atoms with Gasteiger partial charge in [-0.25, -0.2) is 0 Å². The molecule has 2 rings (SSSR count). The van der Waals surface area contributed by atoms with Crippen molar-refractivity contribution in [2.24, 2.45) is 11.7 Å². The fraction of sp³-hybridized carbons (Fsp3) is 0.611. The van der Waals surface area contributed by atoms with E-state index in [1.165, 1.54) is 18.4 Å². The van der Waals surface area contributed by atoms with E-state index in [0.717, 1.165) is 32.6 Å². The molecule has 3 N–H and O–H groups in total. The maximum atomic E-state index is 11.7. The van der Waals surface area contributed by atoms with E-state index in [1.807, 2.05) is 6.92 Å². The third-order valence-corrected chi connectivity index (χ3v) is 4.37. The Morgan fingerprint density at radius 3 is 2.64 bits per heavy atom. The molecule has 1 unspecified atom stereocenters. The second-order valence-electron chi connectivity index (χ2n) is 6.53. The van der Waals surface area contributed by atoms with Crippen LogP contribution in [-0.4, -0.2) is 36.5 Å². The summed E-state index contributed by atoms with van der Waals surface area (Å²) in [4.78, 5) is 14.2. The van der Waals surface area contributed by atoms with Crippen LogP contribution >= 0.6 is 0 Å². The summed E-state index contributed by atoms with van der Waals surface area (Å²) in [6.45, 7) is 6.03. The molecule has 122 valence electrons. The largest absolute Gasteiger partial charge is 0.356 e. The Labute approximate surface area is 134 Å². The van der Waals surface area contributed by atoms with E-state index in [2.05, 4.69) is 40.5 Å². The van der Waals surface area contributed by atoms with Crippen LogP contribution in [-0.2, 0) is 11.3 Å². The van der Waals surface area contributed by atoms with Gasteiger partial charge >= 0.3 is 0 Å². The van der Waals surface area contributed by atoms with Crippen molar-refractivity contribution < 1.29 is 4.79 Å². The number of likely N-dealkylation sites (tertiary alicyclic amines) is 1. The Morgan fingerprint density at radius 2 is 2.00 bits per heavy atom. The van der Waals surface area contributed by atoms with Crippen molar-refractivity contribution in [2.45, 2.75) is 45.2 Å². The lowest BCUT2D eigenvalue weighted by Crippen LogP contribution is -2.38. The molecule has 4 heteroatoms. The molecule has 0 aromatic heterocycles. The van der Waals surface area contributed by atoms with Gasteiger partial charge in [0.25, 0.3) is 0 Å². The van der Waals surface area contributed by atoms with Gasteiger partial charge in [0, 0.05) is 25.6 Å². The van der Waals surface area contributed by atoms with Crippen molar-refractivity contribution in [1.29, 1.82) is 0 Å². The summed E-state index contributed by atoms with van der Waals surface area (Å²) in [5, 5.41) is 3.06. The molecule has 1 atom stereocenters. The zero-order valence-electron chi connectivity index (χ0n) is 13.6. The summed E-state index contributed by atoms with van der Waals surface area (Å²) in [6, 6.07) is 10.7. The van der Waals surface area contributed by atoms with E-state index in [1.54, 1.807) is 0 Å². The van der Waals surface area contributed by atoms with Crippen molar-refractivity contribution in [1.82, 2.24) is 10.2 Å². The topological polar surface area (TPSA) is 58.4 Å². The van der Waals surface area contributed by atoms with Crippen LogP contribution in [0.4, 0.5) is 0 Å². The normalized spacial score (nSPS) is 18.1. The van der Waals surface area contributed by atoms with Gasteiger partial charge < -0.3 is 11.1 Å². The predicted molar refractivity (Wildman–Crippen MR) is 90.3 cm³/mol. The predicted octanol–water partition coefficient (Wildman–Crippen LogP) is 2.14. The lowest BCUT2D eigenvalue weighted by molar-refractivity contribution is -0.121. The van der Waals surface area contributed by atoms with E-state index in [-0.39, 0.29) is 11.9 Å². The first-order valence-corrected chi connectivity index (χ1v) is 8.42. The molecule has 1 amide bonds. The highest BCUT2D eigenvalue weighted by Crippen LogP contribution is 2.18. The lowest BCUT2D eigenvalue weighted by Gasteiger charge is -2.32. The molecular formula is C18H29N3O. The Kier molecular flexibility index (Phi) is 6.87. The van der Waals surface area contributed by atoms with Gasteiger partial charge in [0.05, 0.1) is 0 Å². The highest BCUT2D eigenvalue weighted by molar-refractivity contribution is 5.75. The Balaban J connectivity index is 1.62. The molecule has 1 aliphatic rings. The summed E-state index contributed by atoms with van der Waals surface area (Å²) < 4.78 is 0. The average molecular weight is 303 g/mol. The summed E-state index contributed by atoms with van der Waals surface area (Å²) >= 11 is 0. The monoisotopic (exact) mass is 303 g/mol. The molecule has 1 saturated heterocycles. The lowest BCUT2D eigenvalue weighted by atomic mass is 9.96. The first kappa shape index (κ1) is 17.0. The van der Waals surface area contributed by atoms with Crippen LogP contribution < -0.4 is 11.1 Å². The van der Waals surface area contributed by atoms with Crippen LogP contribution in [0.15, 0.2) is 30.3 Å². The number of rotatable bonds is 7. The minimum absolute atomic E-state index is 0.104. The van der Waals surface area contributed by atoms with Crippen LogP contribution in [0.1, 0.15) is 38.2 Å². The molecule has 0 spiro atoms. The van der Waals surface area contributed by atoms with Crippen molar-refractivity contribution in [2.75, 3.05) is 19.6 Å². The maximum absolute atomic E-state index is 11.7. The molecule has 1 aromatic rings. The Hall–Kier alpha value is -1.39. The summed E-state index contributed by atoms with van der Waals surface area (Å²) in [6.07, 6.45) is 3.65. The standard InChI is InChI=1S/C18H29N3O/c1-15(19)7-8-18(22)20-13-16-9-11-21(12-10-16)14-17-5-3-2-4-6-17/h2-6,15-16H,7-14,19H2,1H3,(H,20,22). The first-order chi connectivity index (χ1) is 10.6. The van der Waals surface area contributed by atoms with Crippen LogP contribution in [0.25, 0.3) is 0 Å². The number of carbonyl (C=O) groups is 1. The minimum Gasteiger partial charge on any atom is -0.356 e. The number of carbonyl (C=O) groups excluding carboxylic acids is 1. The number of nitrogens with one attached hydrogen (secondary N) is 1. The SMILES string of the molecule is CC(N)CCC(=O)NCC1CCN(Cc2ccccc2)CC1. The fourth-order valence-electron chi connectivity index (χ4n) is 2.90. The number of nitrogens with zero attached hydrogens (tertiary/aromatic N) is 1. The molecule has 0 saturated carbocycles. The molecule has 22 heavy (non-hydrogen) atoms. The van der Waals surface area contributed by atoms with E-state index < -0.39 is 0 Å². The van der Waals surface area contributed by atoms with Gasteiger partial charge in [-0.2, -0.15) is 0 Å². The molecule has 1 aliphatic heterocycles. The number of amides is 1. The quantitative estimate of drug-likeness (QED) is 0.811. The fourth-order valence-corrected chi connectivity index (χ4v) is 2.90. The summed E-state index contributed by atoms with van der Waals surface area (Å²) in [7, 11) is 0. The molecule has 1 fully saturated rings. The van der Waals surface area contributed by atoms with Crippen molar-refractivity contribution in [3.8, 4) is 0 Å². The van der Waals surface area contributed by atoms with Gasteiger partial charge in [-0.15, -0.1) is 0 Å². The van der Waals surface area contributed by atoms with Crippen molar-refractivity contribution in [3.63, 3.8) is 0 Å². The van der Waals surface area contributed by atoms with Gasteiger partial charge in [0.15, 0.2) is 0 Å². The summed E-state index contributed by atoms with van der Waals surface area (Å²) in [5.74, 6) is 0.760. The van der Waals surface area contributed by atoms with Gasteiger partial charge in [-0.3, -0.25) is 9.69 Å². The van der Waals surface area contributed by atoms with E-state index in [9.17, 15) is 4.79 Å². The smallest absolute Gasteiger partial charge is 0.220 e.